The summed E-state index contributed by atoms with van der Waals surface area (Å²) in [5, 5.41) is 0. The average molecular weight is 272 g/mol. The van der Waals surface area contributed by atoms with E-state index >= 15 is 0 Å². The van der Waals surface area contributed by atoms with E-state index in [0.717, 1.165) is 22.4 Å². The molecule has 2 nitrogen and oxygen atoms in total. The van der Waals surface area contributed by atoms with E-state index in [4.69, 9.17) is 0 Å². The molecule has 0 saturated carbocycles. The van der Waals surface area contributed by atoms with Crippen molar-refractivity contribution >= 4 is 11.0 Å². The van der Waals surface area contributed by atoms with Crippen molar-refractivity contribution in [3.05, 3.63) is 47.8 Å². The van der Waals surface area contributed by atoms with Gasteiger partial charge in [0.05, 0.1) is 22.4 Å². The highest BCUT2D eigenvalue weighted by atomic mass is 14.8. The van der Waals surface area contributed by atoms with Gasteiger partial charge in [-0.25, -0.2) is 9.97 Å². The minimum atomic E-state index is 0.433. The molecule has 0 aliphatic heterocycles. The quantitative estimate of drug-likeness (QED) is 0.632. The zero-order chi connectivity index (χ0) is 15.7. The lowest BCUT2D eigenvalue weighted by Crippen LogP contribution is -2.01. The molecule has 0 aliphatic rings. The minimum Gasteiger partial charge on any atom is -0.249 e. The Labute approximate surface area is 124 Å². The van der Waals surface area contributed by atoms with Crippen LogP contribution < -0.4 is 0 Å². The Bertz CT molecular complexity index is 542. The number of para-hydroxylation sites is 1. The van der Waals surface area contributed by atoms with Crippen LogP contribution in [-0.2, 0) is 0 Å². The number of aromatic nitrogens is 2. The Morgan fingerprint density at radius 2 is 1.65 bits per heavy atom. The number of aryl methyl sites for hydroxylation is 2. The third kappa shape index (κ3) is 4.76. The van der Waals surface area contributed by atoms with Gasteiger partial charge in [0.25, 0.3) is 0 Å². The molecule has 0 N–H and O–H groups in total. The van der Waals surface area contributed by atoms with E-state index in [0.29, 0.717) is 5.92 Å². The second-order valence-electron chi connectivity index (χ2n) is 4.70. The van der Waals surface area contributed by atoms with Crippen molar-refractivity contribution in [3.63, 3.8) is 0 Å². The first-order chi connectivity index (χ1) is 9.51. The molecular weight excluding hydrogens is 244 g/mol. The highest BCUT2D eigenvalue weighted by molar-refractivity contribution is 5.78. The third-order valence-electron chi connectivity index (χ3n) is 2.65. The lowest BCUT2D eigenvalue weighted by Gasteiger charge is -2.10. The van der Waals surface area contributed by atoms with Gasteiger partial charge in [-0.15, -0.1) is 6.58 Å². The summed E-state index contributed by atoms with van der Waals surface area (Å²) in [4.78, 5) is 9.31. The molecule has 1 aromatic heterocycles. The molecule has 110 valence electrons. The van der Waals surface area contributed by atoms with E-state index in [2.05, 4.69) is 43.4 Å². The van der Waals surface area contributed by atoms with Crippen molar-refractivity contribution in [3.8, 4) is 0 Å². The van der Waals surface area contributed by atoms with Gasteiger partial charge in [0.2, 0.25) is 0 Å². The molecule has 0 spiro atoms. The summed E-state index contributed by atoms with van der Waals surface area (Å²) in [5.74, 6) is 0.433. The average Bonchev–Trinajstić information content (AvgIpc) is 2.42. The molecule has 0 aliphatic carbocycles. The molecule has 0 fully saturated rings. The van der Waals surface area contributed by atoms with Crippen LogP contribution in [-0.4, -0.2) is 9.97 Å². The topological polar surface area (TPSA) is 25.8 Å². The van der Waals surface area contributed by atoms with Crippen LogP contribution in [0.1, 0.15) is 57.5 Å². The lowest BCUT2D eigenvalue weighted by atomic mass is 10.1. The zero-order valence-electron chi connectivity index (χ0n) is 14.0. The van der Waals surface area contributed by atoms with Crippen LogP contribution in [0.25, 0.3) is 11.0 Å². The monoisotopic (exact) mass is 272 g/mol. The van der Waals surface area contributed by atoms with E-state index in [9.17, 15) is 0 Å². The van der Waals surface area contributed by atoms with Crippen molar-refractivity contribution < 1.29 is 0 Å². The summed E-state index contributed by atoms with van der Waals surface area (Å²) >= 11 is 0. The van der Waals surface area contributed by atoms with Crippen LogP contribution in [0.3, 0.4) is 0 Å². The number of hydrogen-bond acceptors (Lipinski definition) is 2. The molecule has 0 saturated heterocycles. The number of benzene rings is 1. The maximum Gasteiger partial charge on any atom is 0.0919 e. The second-order valence-corrected chi connectivity index (χ2v) is 4.70. The second kappa shape index (κ2) is 9.24. The van der Waals surface area contributed by atoms with Crippen molar-refractivity contribution in [2.45, 2.75) is 54.4 Å². The summed E-state index contributed by atoms with van der Waals surface area (Å²) in [7, 11) is 0. The highest BCUT2D eigenvalue weighted by Gasteiger charge is 2.09. The van der Waals surface area contributed by atoms with Crippen LogP contribution in [0.2, 0.25) is 0 Å². The SMILES string of the molecule is C=CC.CC.Cc1nc2c(C)cccc2nc1C(C)C. The van der Waals surface area contributed by atoms with Crippen LogP contribution in [0.4, 0.5) is 0 Å². The van der Waals surface area contributed by atoms with Crippen LogP contribution in [0, 0.1) is 13.8 Å². The molecule has 2 aromatic rings. The minimum absolute atomic E-state index is 0.433. The van der Waals surface area contributed by atoms with Gasteiger partial charge in [-0.05, 0) is 38.3 Å². The summed E-state index contributed by atoms with van der Waals surface area (Å²) in [5.41, 5.74) is 5.38. The van der Waals surface area contributed by atoms with Crippen LogP contribution in [0.15, 0.2) is 30.9 Å². The molecule has 1 aromatic carbocycles. The Morgan fingerprint density at radius 1 is 1.10 bits per heavy atom. The molecular formula is C18H28N2. The number of rotatable bonds is 1. The molecule has 2 rings (SSSR count). The maximum absolute atomic E-state index is 4.67. The highest BCUT2D eigenvalue weighted by Crippen LogP contribution is 2.20. The summed E-state index contributed by atoms with van der Waals surface area (Å²) in [6.45, 7) is 17.7. The van der Waals surface area contributed by atoms with E-state index in [1.165, 1.54) is 5.56 Å². The molecule has 20 heavy (non-hydrogen) atoms. The number of allylic oxidation sites excluding steroid dienone is 1. The number of fused-ring (bicyclic) bond motifs is 1. The Kier molecular flexibility index (Phi) is 8.46. The van der Waals surface area contributed by atoms with Gasteiger partial charge in [0, 0.05) is 0 Å². The van der Waals surface area contributed by atoms with Crippen molar-refractivity contribution in [1.29, 1.82) is 0 Å². The molecule has 0 bridgehead atoms. The van der Waals surface area contributed by atoms with Crippen molar-refractivity contribution in [2.75, 3.05) is 0 Å². The fourth-order valence-electron chi connectivity index (χ4n) is 1.86. The van der Waals surface area contributed by atoms with Crippen molar-refractivity contribution in [1.82, 2.24) is 9.97 Å². The van der Waals surface area contributed by atoms with Crippen molar-refractivity contribution in [2.24, 2.45) is 0 Å². The van der Waals surface area contributed by atoms with E-state index in [-0.39, 0.29) is 0 Å². The zero-order valence-corrected chi connectivity index (χ0v) is 14.0. The van der Waals surface area contributed by atoms with Gasteiger partial charge in [-0.3, -0.25) is 0 Å². The molecule has 0 unspecified atom stereocenters. The first kappa shape index (κ1) is 18.3. The predicted molar refractivity (Wildman–Crippen MR) is 90.3 cm³/mol. The summed E-state index contributed by atoms with van der Waals surface area (Å²) < 4.78 is 0. The van der Waals surface area contributed by atoms with Crippen LogP contribution >= 0.6 is 0 Å². The molecule has 0 amide bonds. The molecule has 0 radical (unpaired) electrons. The Balaban J connectivity index is 0.000000641. The van der Waals surface area contributed by atoms with Gasteiger partial charge >= 0.3 is 0 Å². The maximum atomic E-state index is 4.67. The van der Waals surface area contributed by atoms with Gasteiger partial charge in [0.1, 0.15) is 0 Å². The number of nitrogens with zero attached hydrogens (tertiary/aromatic N) is 2. The first-order valence-electron chi connectivity index (χ1n) is 7.32. The third-order valence-corrected chi connectivity index (χ3v) is 2.65. The van der Waals surface area contributed by atoms with E-state index in [1.807, 2.05) is 39.8 Å². The summed E-state index contributed by atoms with van der Waals surface area (Å²) in [6, 6.07) is 6.14. The Morgan fingerprint density at radius 3 is 2.15 bits per heavy atom. The standard InChI is InChI=1S/C13H16N2.C3H6.C2H6/c1-8(2)12-10(4)14-13-9(3)6-5-7-11(13)15-12;1-3-2;1-2/h5-8H,1-4H3;3H,1H2,2H3;1-2H3. The molecule has 0 atom stereocenters. The van der Waals surface area contributed by atoms with Gasteiger partial charge in [-0.2, -0.15) is 0 Å². The molecule has 1 heterocycles. The van der Waals surface area contributed by atoms with Gasteiger partial charge < -0.3 is 0 Å². The Hall–Kier alpha value is -1.70. The fourth-order valence-corrected chi connectivity index (χ4v) is 1.86. The fraction of sp³-hybridized carbons (Fsp3) is 0.444. The smallest absolute Gasteiger partial charge is 0.0919 e. The summed E-state index contributed by atoms with van der Waals surface area (Å²) in [6.07, 6.45) is 1.75. The normalized spacial score (nSPS) is 9.40. The van der Waals surface area contributed by atoms with E-state index in [1.54, 1.807) is 6.08 Å². The van der Waals surface area contributed by atoms with Gasteiger partial charge in [0.15, 0.2) is 0 Å². The van der Waals surface area contributed by atoms with Gasteiger partial charge in [-0.1, -0.05) is 45.9 Å². The first-order valence-corrected chi connectivity index (χ1v) is 7.32. The van der Waals surface area contributed by atoms with E-state index < -0.39 is 0 Å². The largest absolute Gasteiger partial charge is 0.249 e. The number of hydrogen-bond donors (Lipinski definition) is 0. The predicted octanol–water partition coefficient (Wildman–Crippen LogP) is 5.59. The lowest BCUT2D eigenvalue weighted by molar-refractivity contribution is 0.806. The molecule has 2 heteroatoms. The van der Waals surface area contributed by atoms with Crippen LogP contribution in [0.5, 0.6) is 0 Å².